The molecule has 2 amide bonds. The van der Waals surface area contributed by atoms with Crippen molar-refractivity contribution in [3.63, 3.8) is 0 Å². The standard InChI is InChI=1S/C24H17ClF3N9O2S/c1-11(22-31-9-18(40-22)21(39)36-19-4-15(24(26,27)28)16(25)8-30-19)35-20(38)14-7-34-37-10-12(2-3-17(14)37)13-5-32-23(29)33-6-13/h2-11H,1H3,(H,35,38)(H2,29,32,33)(H,30,36,39). The summed E-state index contributed by atoms with van der Waals surface area (Å²) in [6.07, 6.45) is 3.67. The Morgan fingerprint density at radius 1 is 1.02 bits per heavy atom. The molecule has 1 atom stereocenters. The Hall–Kier alpha value is -4.63. The van der Waals surface area contributed by atoms with Gasteiger partial charge in [0.2, 0.25) is 5.95 Å². The molecule has 204 valence electrons. The molecule has 1 unspecified atom stereocenters. The second-order valence-corrected chi connectivity index (χ2v) is 9.86. The van der Waals surface area contributed by atoms with E-state index in [4.69, 9.17) is 17.3 Å². The van der Waals surface area contributed by atoms with Gasteiger partial charge in [0.25, 0.3) is 11.8 Å². The molecule has 0 aliphatic rings. The van der Waals surface area contributed by atoms with E-state index in [1.807, 2.05) is 0 Å². The van der Waals surface area contributed by atoms with Gasteiger partial charge in [-0.25, -0.2) is 24.5 Å². The lowest BCUT2D eigenvalue weighted by Gasteiger charge is -2.11. The average Bonchev–Trinajstić information content (AvgIpc) is 3.57. The van der Waals surface area contributed by atoms with E-state index < -0.39 is 34.6 Å². The van der Waals surface area contributed by atoms with Gasteiger partial charge in [-0.1, -0.05) is 17.7 Å². The van der Waals surface area contributed by atoms with Crippen LogP contribution < -0.4 is 16.4 Å². The normalized spacial score (nSPS) is 12.3. The van der Waals surface area contributed by atoms with E-state index in [2.05, 4.69) is 35.7 Å². The van der Waals surface area contributed by atoms with Crippen molar-refractivity contribution in [2.24, 2.45) is 0 Å². The summed E-state index contributed by atoms with van der Waals surface area (Å²) in [6.45, 7) is 1.68. The Bertz CT molecular complexity index is 1740. The number of amides is 2. The fourth-order valence-corrected chi connectivity index (χ4v) is 4.67. The zero-order chi connectivity index (χ0) is 28.6. The molecule has 0 saturated carbocycles. The quantitative estimate of drug-likeness (QED) is 0.260. The van der Waals surface area contributed by atoms with E-state index in [0.717, 1.165) is 28.7 Å². The van der Waals surface area contributed by atoms with Gasteiger partial charge in [-0.2, -0.15) is 18.3 Å². The number of aromatic nitrogens is 6. The maximum atomic E-state index is 13.1. The fraction of sp³-hybridized carbons (Fsp3) is 0.125. The number of nitrogens with one attached hydrogen (secondary N) is 2. The van der Waals surface area contributed by atoms with Crippen molar-refractivity contribution in [2.45, 2.75) is 19.1 Å². The minimum absolute atomic E-state index is 0.108. The van der Waals surface area contributed by atoms with Crippen LogP contribution in [0.3, 0.4) is 0 Å². The molecular weight excluding hydrogens is 571 g/mol. The molecule has 0 aromatic carbocycles. The van der Waals surface area contributed by atoms with Gasteiger partial charge in [0.05, 0.1) is 40.1 Å². The predicted octanol–water partition coefficient (Wildman–Crippen LogP) is 4.64. The van der Waals surface area contributed by atoms with Crippen molar-refractivity contribution in [1.29, 1.82) is 0 Å². The minimum atomic E-state index is -4.71. The Labute approximate surface area is 232 Å². The molecule has 11 nitrogen and oxygen atoms in total. The van der Waals surface area contributed by atoms with Crippen LogP contribution in [0.25, 0.3) is 16.6 Å². The van der Waals surface area contributed by atoms with Crippen LogP contribution in [0.5, 0.6) is 0 Å². The van der Waals surface area contributed by atoms with Crippen LogP contribution in [-0.4, -0.2) is 41.4 Å². The Balaban J connectivity index is 1.27. The van der Waals surface area contributed by atoms with Crippen LogP contribution in [-0.2, 0) is 6.18 Å². The molecular formula is C24H17ClF3N9O2S. The van der Waals surface area contributed by atoms with Crippen LogP contribution >= 0.6 is 22.9 Å². The molecule has 5 heterocycles. The topological polar surface area (TPSA) is 153 Å². The van der Waals surface area contributed by atoms with Crippen LogP contribution in [0, 0.1) is 0 Å². The number of anilines is 2. The third-order valence-electron chi connectivity index (χ3n) is 5.63. The summed E-state index contributed by atoms with van der Waals surface area (Å²) >= 11 is 6.54. The van der Waals surface area contributed by atoms with Crippen LogP contribution in [0.2, 0.25) is 5.02 Å². The lowest BCUT2D eigenvalue weighted by atomic mass is 10.1. The smallest absolute Gasteiger partial charge is 0.368 e. The first-order valence-electron chi connectivity index (χ1n) is 11.4. The maximum absolute atomic E-state index is 13.1. The number of carbonyl (C=O) groups excluding carboxylic acids is 2. The van der Waals surface area contributed by atoms with Crippen LogP contribution in [0.1, 0.15) is 43.6 Å². The molecule has 4 N–H and O–H groups in total. The number of hydrogen-bond acceptors (Lipinski definition) is 9. The number of fused-ring (bicyclic) bond motifs is 1. The second-order valence-electron chi connectivity index (χ2n) is 8.39. The second kappa shape index (κ2) is 10.5. The number of hydrogen-bond donors (Lipinski definition) is 3. The number of alkyl halides is 3. The van der Waals surface area contributed by atoms with Crippen molar-refractivity contribution in [3.05, 3.63) is 81.4 Å². The van der Waals surface area contributed by atoms with Crippen molar-refractivity contribution in [3.8, 4) is 11.1 Å². The van der Waals surface area contributed by atoms with E-state index in [-0.39, 0.29) is 16.6 Å². The first-order valence-corrected chi connectivity index (χ1v) is 12.5. The highest BCUT2D eigenvalue weighted by atomic mass is 35.5. The molecule has 0 fully saturated rings. The van der Waals surface area contributed by atoms with Crippen molar-refractivity contribution in [2.75, 3.05) is 11.1 Å². The van der Waals surface area contributed by atoms with E-state index in [9.17, 15) is 22.8 Å². The van der Waals surface area contributed by atoms with Gasteiger partial charge in [-0.15, -0.1) is 11.3 Å². The van der Waals surface area contributed by atoms with Gasteiger partial charge in [-0.05, 0) is 19.1 Å². The average molecular weight is 588 g/mol. The van der Waals surface area contributed by atoms with Gasteiger partial charge >= 0.3 is 6.18 Å². The molecule has 5 rings (SSSR count). The summed E-state index contributed by atoms with van der Waals surface area (Å²) in [6, 6.07) is 3.59. The number of pyridine rings is 2. The minimum Gasteiger partial charge on any atom is -0.368 e. The number of nitrogens with zero attached hydrogens (tertiary/aromatic N) is 6. The molecule has 0 saturated heterocycles. The summed E-state index contributed by atoms with van der Waals surface area (Å²) in [7, 11) is 0. The third kappa shape index (κ3) is 5.55. The lowest BCUT2D eigenvalue weighted by molar-refractivity contribution is -0.137. The number of halogens is 4. The lowest BCUT2D eigenvalue weighted by Crippen LogP contribution is -2.26. The molecule has 0 aliphatic carbocycles. The number of carbonyl (C=O) groups is 2. The van der Waals surface area contributed by atoms with Crippen molar-refractivity contribution < 1.29 is 22.8 Å². The zero-order valence-electron chi connectivity index (χ0n) is 20.3. The molecule has 0 aliphatic heterocycles. The van der Waals surface area contributed by atoms with E-state index in [0.29, 0.717) is 22.2 Å². The first-order chi connectivity index (χ1) is 19.0. The number of thiazole rings is 1. The SMILES string of the molecule is CC(NC(=O)c1cnn2cc(-c3cnc(N)nc3)ccc12)c1ncc(C(=O)Nc2cc(C(F)(F)F)c(Cl)cn2)s1. The molecule has 40 heavy (non-hydrogen) atoms. The molecule has 5 aromatic rings. The van der Waals surface area contributed by atoms with Crippen molar-refractivity contribution in [1.82, 2.24) is 34.9 Å². The summed E-state index contributed by atoms with van der Waals surface area (Å²) in [5, 5.41) is 9.19. The highest BCUT2D eigenvalue weighted by Crippen LogP contribution is 2.35. The summed E-state index contributed by atoms with van der Waals surface area (Å²) in [5.41, 5.74) is 6.78. The fourth-order valence-electron chi connectivity index (χ4n) is 3.65. The summed E-state index contributed by atoms with van der Waals surface area (Å²) in [5.74, 6) is -1.30. The third-order valence-corrected chi connectivity index (χ3v) is 7.11. The van der Waals surface area contributed by atoms with E-state index in [1.165, 1.54) is 12.4 Å². The molecule has 16 heteroatoms. The first kappa shape index (κ1) is 27.0. The predicted molar refractivity (Wildman–Crippen MR) is 141 cm³/mol. The van der Waals surface area contributed by atoms with Gasteiger partial charge in [0.15, 0.2) is 0 Å². The zero-order valence-corrected chi connectivity index (χ0v) is 21.8. The highest BCUT2D eigenvalue weighted by molar-refractivity contribution is 7.13. The van der Waals surface area contributed by atoms with Crippen LogP contribution in [0.4, 0.5) is 24.9 Å². The Kier molecular flexibility index (Phi) is 7.08. The highest BCUT2D eigenvalue weighted by Gasteiger charge is 2.34. The molecule has 5 aromatic heterocycles. The number of nitrogen functional groups attached to an aromatic ring is 1. The summed E-state index contributed by atoms with van der Waals surface area (Å²) in [4.78, 5) is 41.6. The van der Waals surface area contributed by atoms with E-state index >= 15 is 0 Å². The summed E-state index contributed by atoms with van der Waals surface area (Å²) < 4.78 is 40.8. The number of rotatable bonds is 6. The Morgan fingerprint density at radius 3 is 2.50 bits per heavy atom. The van der Waals surface area contributed by atoms with Crippen molar-refractivity contribution >= 4 is 52.0 Å². The molecule has 0 radical (unpaired) electrons. The molecule has 0 spiro atoms. The number of nitrogens with two attached hydrogens (primary N) is 1. The molecule has 0 bridgehead atoms. The van der Waals surface area contributed by atoms with Gasteiger partial charge < -0.3 is 16.4 Å². The van der Waals surface area contributed by atoms with Gasteiger partial charge in [0.1, 0.15) is 15.7 Å². The van der Waals surface area contributed by atoms with Crippen LogP contribution in [0.15, 0.2) is 55.4 Å². The maximum Gasteiger partial charge on any atom is 0.418 e. The largest absolute Gasteiger partial charge is 0.418 e. The van der Waals surface area contributed by atoms with E-state index in [1.54, 1.807) is 42.2 Å². The van der Waals surface area contributed by atoms with Gasteiger partial charge in [-0.3, -0.25) is 9.59 Å². The van der Waals surface area contributed by atoms with Gasteiger partial charge in [0, 0.05) is 35.9 Å². The monoisotopic (exact) mass is 587 g/mol. The Morgan fingerprint density at radius 2 is 1.77 bits per heavy atom.